The fourth-order valence-corrected chi connectivity index (χ4v) is 5.15. The van der Waals surface area contributed by atoms with E-state index in [0.717, 1.165) is 39.9 Å². The van der Waals surface area contributed by atoms with Crippen LogP contribution in [-0.2, 0) is 13.2 Å². The zero-order valence-corrected chi connectivity index (χ0v) is 21.9. The zero-order valence-electron chi connectivity index (χ0n) is 21.9. The van der Waals surface area contributed by atoms with Gasteiger partial charge in [0.1, 0.15) is 5.69 Å². The smallest absolute Gasteiger partial charge is 0.252 e. The normalized spacial score (nSPS) is 12.4. The van der Waals surface area contributed by atoms with Gasteiger partial charge in [-0.1, -0.05) is 58.0 Å². The highest BCUT2D eigenvalue weighted by Gasteiger charge is 2.34. The van der Waals surface area contributed by atoms with E-state index in [0.29, 0.717) is 5.52 Å². The van der Waals surface area contributed by atoms with Crippen LogP contribution in [0.1, 0.15) is 61.9 Å². The molecule has 0 radical (unpaired) electrons. The molecule has 37 heavy (non-hydrogen) atoms. The van der Waals surface area contributed by atoms with Gasteiger partial charge in [-0.3, -0.25) is 4.98 Å². The number of fused-ring (bicyclic) bond motifs is 2. The van der Waals surface area contributed by atoms with Crippen molar-refractivity contribution in [1.82, 2.24) is 14.5 Å². The maximum absolute atomic E-state index is 13.3. The SMILES string of the molecule is Cc1cc2nc(C(F)(F)F)cnc2cc1-c1n(-c2c(C(C)C)cccc2C(C)C)c2ccccc2[n+]1C. The second-order valence-electron chi connectivity index (χ2n) is 10.2. The summed E-state index contributed by atoms with van der Waals surface area (Å²) in [5.41, 5.74) is 7.14. The van der Waals surface area contributed by atoms with Crippen LogP contribution in [0.3, 0.4) is 0 Å². The number of aryl methyl sites for hydroxylation is 2. The van der Waals surface area contributed by atoms with Gasteiger partial charge in [0.05, 0.1) is 29.8 Å². The van der Waals surface area contributed by atoms with E-state index in [2.05, 4.69) is 77.1 Å². The van der Waals surface area contributed by atoms with Crippen LogP contribution < -0.4 is 4.57 Å². The lowest BCUT2D eigenvalue weighted by Gasteiger charge is -2.18. The Labute approximate surface area is 214 Å². The Kier molecular flexibility index (Phi) is 6.05. The van der Waals surface area contributed by atoms with Crippen molar-refractivity contribution in [2.45, 2.75) is 52.6 Å². The Morgan fingerprint density at radius 1 is 0.865 bits per heavy atom. The number of aromatic nitrogens is 4. The molecule has 0 fully saturated rings. The van der Waals surface area contributed by atoms with Gasteiger partial charge in [0.2, 0.25) is 0 Å². The second kappa shape index (κ2) is 8.98. The number of halogens is 3. The topological polar surface area (TPSA) is 34.6 Å². The van der Waals surface area contributed by atoms with Crippen LogP contribution in [0.15, 0.2) is 60.8 Å². The molecule has 7 heteroatoms. The highest BCUT2D eigenvalue weighted by atomic mass is 19.4. The molecule has 0 spiro atoms. The average Bonchev–Trinajstić information content (AvgIpc) is 3.14. The first kappa shape index (κ1) is 24.9. The average molecular weight is 504 g/mol. The molecule has 0 bridgehead atoms. The van der Waals surface area contributed by atoms with Crippen molar-refractivity contribution in [3.05, 3.63) is 83.2 Å². The summed E-state index contributed by atoms with van der Waals surface area (Å²) in [6.45, 7) is 10.7. The van der Waals surface area contributed by atoms with E-state index in [1.807, 2.05) is 32.2 Å². The van der Waals surface area contributed by atoms with E-state index >= 15 is 0 Å². The lowest BCUT2D eigenvalue weighted by Crippen LogP contribution is -2.30. The molecule has 3 aromatic carbocycles. The second-order valence-corrected chi connectivity index (χ2v) is 10.2. The van der Waals surface area contributed by atoms with Crippen LogP contribution in [0, 0.1) is 6.92 Å². The molecule has 0 saturated carbocycles. The minimum absolute atomic E-state index is 0.229. The quantitative estimate of drug-likeness (QED) is 0.236. The van der Waals surface area contributed by atoms with Crippen molar-refractivity contribution in [1.29, 1.82) is 0 Å². The van der Waals surface area contributed by atoms with Gasteiger partial charge in [-0.15, -0.1) is 0 Å². The van der Waals surface area contributed by atoms with Crippen LogP contribution >= 0.6 is 0 Å². The molecule has 190 valence electrons. The Bertz CT molecular complexity index is 1620. The van der Waals surface area contributed by atoms with Crippen molar-refractivity contribution in [2.24, 2.45) is 7.05 Å². The Morgan fingerprint density at radius 3 is 2.14 bits per heavy atom. The van der Waals surface area contributed by atoms with E-state index in [4.69, 9.17) is 0 Å². The third-order valence-corrected chi connectivity index (χ3v) is 7.00. The Balaban J connectivity index is 1.89. The molecule has 0 aliphatic heterocycles. The van der Waals surface area contributed by atoms with Crippen molar-refractivity contribution >= 4 is 22.1 Å². The van der Waals surface area contributed by atoms with E-state index in [1.165, 1.54) is 11.1 Å². The molecular formula is C30H30F3N4+. The number of benzene rings is 3. The highest BCUT2D eigenvalue weighted by molar-refractivity contribution is 5.85. The van der Waals surface area contributed by atoms with Gasteiger partial charge < -0.3 is 0 Å². The van der Waals surface area contributed by atoms with Gasteiger partial charge in [-0.2, -0.15) is 17.7 Å². The maximum Gasteiger partial charge on any atom is 0.434 e. The number of nitrogens with zero attached hydrogens (tertiary/aromatic N) is 4. The maximum atomic E-state index is 13.3. The molecule has 5 aromatic rings. The van der Waals surface area contributed by atoms with Crippen molar-refractivity contribution in [3.8, 4) is 17.1 Å². The molecule has 5 rings (SSSR count). The number of para-hydroxylation sites is 3. The molecule has 0 atom stereocenters. The molecule has 2 heterocycles. The molecule has 0 amide bonds. The third kappa shape index (κ3) is 4.16. The molecule has 0 N–H and O–H groups in total. The standard InChI is InChI=1S/C30H30F3N4/c1-17(2)20-10-9-11-21(18(3)4)28(20)37-26-13-8-7-12-25(26)36(6)29(37)22-15-23-24(14-19(22)5)35-27(16-34-23)30(31,32)33/h7-18H,1-6H3/q+1. The van der Waals surface area contributed by atoms with Gasteiger partial charge >= 0.3 is 6.18 Å². The third-order valence-electron chi connectivity index (χ3n) is 7.00. The first-order valence-electron chi connectivity index (χ1n) is 12.5. The number of alkyl halides is 3. The van der Waals surface area contributed by atoms with Crippen molar-refractivity contribution in [3.63, 3.8) is 0 Å². The number of hydrogen-bond donors (Lipinski definition) is 0. The number of hydrogen-bond acceptors (Lipinski definition) is 2. The summed E-state index contributed by atoms with van der Waals surface area (Å²) in [6.07, 6.45) is -3.73. The van der Waals surface area contributed by atoms with Gasteiger partial charge in [-0.05, 0) is 48.6 Å². The molecule has 0 unspecified atom stereocenters. The van der Waals surface area contributed by atoms with Crippen LogP contribution in [0.25, 0.3) is 39.1 Å². The minimum Gasteiger partial charge on any atom is -0.252 e. The molecule has 4 nitrogen and oxygen atoms in total. The van der Waals surface area contributed by atoms with Gasteiger partial charge in [0, 0.05) is 11.1 Å². The summed E-state index contributed by atoms with van der Waals surface area (Å²) in [6, 6.07) is 18.3. The van der Waals surface area contributed by atoms with Gasteiger partial charge in [-0.25, -0.2) is 9.55 Å². The number of rotatable bonds is 4. The van der Waals surface area contributed by atoms with Crippen LogP contribution in [0.2, 0.25) is 0 Å². The van der Waals surface area contributed by atoms with Crippen LogP contribution in [-0.4, -0.2) is 14.5 Å². The predicted octanol–water partition coefficient (Wildman–Crippen LogP) is 7.64. The van der Waals surface area contributed by atoms with E-state index in [-0.39, 0.29) is 17.4 Å². The van der Waals surface area contributed by atoms with Crippen molar-refractivity contribution < 1.29 is 17.7 Å². The lowest BCUT2D eigenvalue weighted by atomic mass is 9.92. The minimum atomic E-state index is -4.54. The first-order valence-corrected chi connectivity index (χ1v) is 12.5. The molecule has 0 saturated heterocycles. The summed E-state index contributed by atoms with van der Waals surface area (Å²) < 4.78 is 44.3. The fraction of sp³-hybridized carbons (Fsp3) is 0.300. The number of imidazole rings is 1. The summed E-state index contributed by atoms with van der Waals surface area (Å²) in [7, 11) is 2.03. The molecule has 2 aromatic heterocycles. The predicted molar refractivity (Wildman–Crippen MR) is 141 cm³/mol. The lowest BCUT2D eigenvalue weighted by molar-refractivity contribution is -0.633. The summed E-state index contributed by atoms with van der Waals surface area (Å²) >= 11 is 0. The molecular weight excluding hydrogens is 473 g/mol. The van der Waals surface area contributed by atoms with E-state index in [1.54, 1.807) is 6.07 Å². The summed E-state index contributed by atoms with van der Waals surface area (Å²) in [5, 5.41) is 0. The zero-order chi connectivity index (χ0) is 26.6. The van der Waals surface area contributed by atoms with Crippen LogP contribution in [0.5, 0.6) is 0 Å². The largest absolute Gasteiger partial charge is 0.434 e. The molecule has 0 aliphatic rings. The van der Waals surface area contributed by atoms with E-state index in [9.17, 15) is 13.2 Å². The van der Waals surface area contributed by atoms with Gasteiger partial charge in [0.25, 0.3) is 5.82 Å². The van der Waals surface area contributed by atoms with Crippen LogP contribution in [0.4, 0.5) is 13.2 Å². The summed E-state index contributed by atoms with van der Waals surface area (Å²) in [5.74, 6) is 1.52. The van der Waals surface area contributed by atoms with Gasteiger partial charge in [0.15, 0.2) is 16.7 Å². The first-order chi connectivity index (χ1) is 17.5. The summed E-state index contributed by atoms with van der Waals surface area (Å²) in [4.78, 5) is 8.01. The monoisotopic (exact) mass is 503 g/mol. The van der Waals surface area contributed by atoms with Crippen molar-refractivity contribution in [2.75, 3.05) is 0 Å². The molecule has 0 aliphatic carbocycles. The Hall–Kier alpha value is -3.74. The fourth-order valence-electron chi connectivity index (χ4n) is 5.15. The highest BCUT2D eigenvalue weighted by Crippen LogP contribution is 2.38. The van der Waals surface area contributed by atoms with E-state index < -0.39 is 11.9 Å². The Morgan fingerprint density at radius 2 is 1.51 bits per heavy atom.